The van der Waals surface area contributed by atoms with Gasteiger partial charge < -0.3 is 10.2 Å². The fourth-order valence-corrected chi connectivity index (χ4v) is 3.52. The number of piperidine rings is 1. The lowest BCUT2D eigenvalue weighted by Crippen LogP contribution is -2.41. The number of thiazole rings is 1. The number of fused-ring (bicyclic) bond motifs is 1. The van der Waals surface area contributed by atoms with Crippen LogP contribution in [0.4, 0.5) is 9.52 Å². The second kappa shape index (κ2) is 5.43. The lowest BCUT2D eigenvalue weighted by molar-refractivity contribution is 0.227. The molecule has 0 spiro atoms. The summed E-state index contributed by atoms with van der Waals surface area (Å²) in [6, 6.07) is 5.24. The molecule has 0 saturated carbocycles. The highest BCUT2D eigenvalue weighted by Gasteiger charge is 2.19. The van der Waals surface area contributed by atoms with E-state index in [9.17, 15) is 4.39 Å². The molecule has 1 fully saturated rings. The molecular weight excluding hydrogens is 261 g/mol. The molecule has 102 valence electrons. The van der Waals surface area contributed by atoms with Crippen molar-refractivity contribution >= 4 is 26.7 Å². The first-order chi connectivity index (χ1) is 9.24. The summed E-state index contributed by atoms with van der Waals surface area (Å²) in [5.74, 6) is -0.223. The van der Waals surface area contributed by atoms with Gasteiger partial charge in [-0.1, -0.05) is 18.3 Å². The number of halogens is 1. The van der Waals surface area contributed by atoms with Gasteiger partial charge in [0.25, 0.3) is 0 Å². The van der Waals surface area contributed by atoms with Crippen molar-refractivity contribution in [2.45, 2.75) is 25.8 Å². The van der Waals surface area contributed by atoms with Gasteiger partial charge in [0.1, 0.15) is 5.82 Å². The molecule has 1 unspecified atom stereocenters. The zero-order chi connectivity index (χ0) is 13.2. The summed E-state index contributed by atoms with van der Waals surface area (Å²) in [4.78, 5) is 6.92. The lowest BCUT2D eigenvalue weighted by atomic mass is 10.1. The molecule has 5 heteroatoms. The number of aromatic nitrogens is 1. The topological polar surface area (TPSA) is 28.2 Å². The minimum atomic E-state index is -0.223. The molecule has 1 aliphatic rings. The lowest BCUT2D eigenvalue weighted by Gasteiger charge is -2.32. The van der Waals surface area contributed by atoms with Crippen LogP contribution in [0, 0.1) is 5.82 Å². The normalized spacial score (nSPS) is 20.8. The third kappa shape index (κ3) is 2.87. The number of nitrogens with zero attached hydrogens (tertiary/aromatic N) is 2. The number of nitrogens with one attached hydrogen (secondary N) is 1. The van der Waals surface area contributed by atoms with E-state index in [1.165, 1.54) is 31.5 Å². The van der Waals surface area contributed by atoms with E-state index in [1.807, 2.05) is 0 Å². The van der Waals surface area contributed by atoms with Crippen molar-refractivity contribution < 1.29 is 4.39 Å². The van der Waals surface area contributed by atoms with Crippen molar-refractivity contribution in [3.05, 3.63) is 24.0 Å². The largest absolute Gasteiger partial charge is 0.357 e. The maximum Gasteiger partial charge on any atom is 0.184 e. The van der Waals surface area contributed by atoms with Gasteiger partial charge in [-0.05, 0) is 38.1 Å². The van der Waals surface area contributed by atoms with Gasteiger partial charge in [0.2, 0.25) is 0 Å². The molecule has 0 aliphatic carbocycles. The smallest absolute Gasteiger partial charge is 0.184 e. The summed E-state index contributed by atoms with van der Waals surface area (Å²) < 4.78 is 14.2. The van der Waals surface area contributed by atoms with Crippen LogP contribution in [0.15, 0.2) is 18.2 Å². The van der Waals surface area contributed by atoms with Crippen LogP contribution < -0.4 is 5.32 Å². The minimum Gasteiger partial charge on any atom is -0.357 e. The number of hydrogen-bond acceptors (Lipinski definition) is 4. The highest BCUT2D eigenvalue weighted by Crippen LogP contribution is 2.27. The maximum absolute atomic E-state index is 13.1. The molecule has 1 aromatic heterocycles. The average molecular weight is 279 g/mol. The Morgan fingerprint density at radius 1 is 1.53 bits per heavy atom. The second-order valence-corrected chi connectivity index (χ2v) is 6.04. The van der Waals surface area contributed by atoms with E-state index in [4.69, 9.17) is 0 Å². The Labute approximate surface area is 116 Å². The number of likely N-dealkylation sites (tertiary alicyclic amines) is 1. The third-order valence-corrected chi connectivity index (χ3v) is 4.60. The molecule has 0 radical (unpaired) electrons. The zero-order valence-electron chi connectivity index (χ0n) is 11.0. The van der Waals surface area contributed by atoms with E-state index in [0.29, 0.717) is 6.04 Å². The van der Waals surface area contributed by atoms with Crippen LogP contribution in [0.3, 0.4) is 0 Å². The van der Waals surface area contributed by atoms with E-state index in [1.54, 1.807) is 17.4 Å². The maximum atomic E-state index is 13.1. The van der Waals surface area contributed by atoms with Crippen LogP contribution >= 0.6 is 11.3 Å². The van der Waals surface area contributed by atoms with Crippen molar-refractivity contribution in [3.8, 4) is 0 Å². The van der Waals surface area contributed by atoms with Crippen LogP contribution in [-0.2, 0) is 0 Å². The number of benzene rings is 1. The van der Waals surface area contributed by atoms with Gasteiger partial charge in [-0.2, -0.15) is 0 Å². The molecule has 1 aromatic carbocycles. The summed E-state index contributed by atoms with van der Waals surface area (Å²) in [5, 5.41) is 4.40. The van der Waals surface area contributed by atoms with Crippen molar-refractivity contribution in [2.75, 3.05) is 25.0 Å². The van der Waals surface area contributed by atoms with Crippen molar-refractivity contribution in [1.29, 1.82) is 0 Å². The fraction of sp³-hybridized carbons (Fsp3) is 0.500. The summed E-state index contributed by atoms with van der Waals surface area (Å²) in [6.07, 6.45) is 2.41. The Balaban J connectivity index is 1.74. The molecule has 2 aromatic rings. The van der Waals surface area contributed by atoms with Crippen molar-refractivity contribution in [1.82, 2.24) is 9.88 Å². The first-order valence-electron chi connectivity index (χ1n) is 6.79. The fourth-order valence-electron chi connectivity index (χ4n) is 2.60. The number of rotatable bonds is 3. The van der Waals surface area contributed by atoms with Gasteiger partial charge in [0.15, 0.2) is 5.13 Å². The Kier molecular flexibility index (Phi) is 3.66. The molecule has 1 N–H and O–H groups in total. The molecule has 19 heavy (non-hydrogen) atoms. The number of hydrogen-bond donors (Lipinski definition) is 1. The first-order valence-corrected chi connectivity index (χ1v) is 7.61. The molecule has 0 bridgehead atoms. The van der Waals surface area contributed by atoms with E-state index in [2.05, 4.69) is 22.1 Å². The van der Waals surface area contributed by atoms with E-state index in [0.717, 1.165) is 28.4 Å². The molecular formula is C14H18FN3S. The standard InChI is InChI=1S/C14H18FN3S/c1-2-18-7-3-4-11(9-18)16-14-17-12-8-10(15)5-6-13(12)19-14/h5-6,8,11H,2-4,7,9H2,1H3,(H,16,17). The van der Waals surface area contributed by atoms with Crippen LogP contribution in [0.1, 0.15) is 19.8 Å². The monoisotopic (exact) mass is 279 g/mol. The van der Waals surface area contributed by atoms with Crippen LogP contribution in [0.2, 0.25) is 0 Å². The van der Waals surface area contributed by atoms with Gasteiger partial charge >= 0.3 is 0 Å². The van der Waals surface area contributed by atoms with Gasteiger partial charge in [-0.15, -0.1) is 0 Å². The van der Waals surface area contributed by atoms with E-state index < -0.39 is 0 Å². The molecule has 1 atom stereocenters. The predicted molar refractivity (Wildman–Crippen MR) is 78.3 cm³/mol. The molecule has 3 rings (SSSR count). The second-order valence-electron chi connectivity index (χ2n) is 5.01. The van der Waals surface area contributed by atoms with Gasteiger partial charge in [-0.25, -0.2) is 9.37 Å². The van der Waals surface area contributed by atoms with Gasteiger partial charge in [-0.3, -0.25) is 0 Å². The molecule has 1 aliphatic heterocycles. The van der Waals surface area contributed by atoms with E-state index in [-0.39, 0.29) is 5.82 Å². The number of likely N-dealkylation sites (N-methyl/N-ethyl adjacent to an activating group) is 1. The van der Waals surface area contributed by atoms with Crippen LogP contribution in [0.25, 0.3) is 10.2 Å². The molecule has 3 nitrogen and oxygen atoms in total. The molecule has 2 heterocycles. The summed E-state index contributed by atoms with van der Waals surface area (Å²) in [5.41, 5.74) is 0.746. The third-order valence-electron chi connectivity index (χ3n) is 3.63. The van der Waals surface area contributed by atoms with E-state index >= 15 is 0 Å². The Bertz CT molecular complexity index is 569. The average Bonchev–Trinajstić information content (AvgIpc) is 2.80. The first kappa shape index (κ1) is 12.8. The van der Waals surface area contributed by atoms with Crippen molar-refractivity contribution in [3.63, 3.8) is 0 Å². The summed E-state index contributed by atoms with van der Waals surface area (Å²) in [7, 11) is 0. The SMILES string of the molecule is CCN1CCCC(Nc2nc3cc(F)ccc3s2)C1. The van der Waals surface area contributed by atoms with Crippen LogP contribution in [-0.4, -0.2) is 35.6 Å². The Morgan fingerprint density at radius 3 is 3.26 bits per heavy atom. The minimum absolute atomic E-state index is 0.223. The van der Waals surface area contributed by atoms with Crippen LogP contribution in [0.5, 0.6) is 0 Å². The summed E-state index contributed by atoms with van der Waals surface area (Å²) >= 11 is 1.60. The van der Waals surface area contributed by atoms with Gasteiger partial charge in [0, 0.05) is 18.7 Å². The summed E-state index contributed by atoms with van der Waals surface area (Å²) in [6.45, 7) is 5.56. The predicted octanol–water partition coefficient (Wildman–Crippen LogP) is 3.33. The van der Waals surface area contributed by atoms with Gasteiger partial charge in [0.05, 0.1) is 10.2 Å². The number of anilines is 1. The Morgan fingerprint density at radius 2 is 2.42 bits per heavy atom. The van der Waals surface area contributed by atoms with Crippen molar-refractivity contribution in [2.24, 2.45) is 0 Å². The highest BCUT2D eigenvalue weighted by atomic mass is 32.1. The molecule has 1 saturated heterocycles. The Hall–Kier alpha value is -1.20. The molecule has 0 amide bonds. The highest BCUT2D eigenvalue weighted by molar-refractivity contribution is 7.22. The zero-order valence-corrected chi connectivity index (χ0v) is 11.8. The quantitative estimate of drug-likeness (QED) is 0.934.